The molecule has 9 N–H and O–H groups in total. The van der Waals surface area contributed by atoms with Gasteiger partial charge in [0.15, 0.2) is 0 Å². The predicted molar refractivity (Wildman–Crippen MR) is 102 cm³/mol. The van der Waals surface area contributed by atoms with E-state index in [4.69, 9.17) is 21.7 Å². The molecule has 14 heteroatoms. The molecule has 0 aliphatic heterocycles. The molecule has 0 fully saturated rings. The molecule has 0 aromatic carbocycles. The molecule has 13 nitrogen and oxygen atoms in total. The van der Waals surface area contributed by atoms with Crippen molar-refractivity contribution < 1.29 is 39.0 Å². The molecule has 0 saturated carbocycles. The molecule has 0 spiro atoms. The molecular weight excluding hydrogens is 410 g/mol. The SMILES string of the molecule is CC(NC(=O)C(N)CCC(N)=O)C(=O)NC(CC(=O)O)C(=O)NC(CS)C(=O)O. The first-order valence-corrected chi connectivity index (χ1v) is 9.02. The Kier molecular flexibility index (Phi) is 11.3. The highest BCUT2D eigenvalue weighted by Crippen LogP contribution is 1.99. The Morgan fingerprint density at radius 1 is 0.931 bits per heavy atom. The lowest BCUT2D eigenvalue weighted by Crippen LogP contribution is -2.57. The van der Waals surface area contributed by atoms with Crippen LogP contribution in [0.3, 0.4) is 0 Å². The van der Waals surface area contributed by atoms with Crippen molar-refractivity contribution in [3.8, 4) is 0 Å². The van der Waals surface area contributed by atoms with Crippen LogP contribution in [-0.4, -0.2) is 75.7 Å². The summed E-state index contributed by atoms with van der Waals surface area (Å²) < 4.78 is 0. The lowest BCUT2D eigenvalue weighted by atomic mass is 10.1. The van der Waals surface area contributed by atoms with Gasteiger partial charge in [-0.15, -0.1) is 0 Å². The molecule has 4 unspecified atom stereocenters. The number of aliphatic carboxylic acids is 2. The first-order valence-electron chi connectivity index (χ1n) is 8.39. The number of rotatable bonds is 13. The standard InChI is InChI=1S/C15H25N5O8S/c1-6(18-13(25)7(16)2-3-10(17)21)12(24)19-8(4-11(22)23)14(26)20-9(5-29)15(27)28/h6-9,29H,2-5,16H2,1H3,(H2,17,21)(H,18,25)(H,19,24)(H,20,26)(H,22,23)(H,27,28). The average molecular weight is 435 g/mol. The van der Waals surface area contributed by atoms with Gasteiger partial charge in [-0.05, 0) is 13.3 Å². The van der Waals surface area contributed by atoms with Crippen molar-refractivity contribution in [2.24, 2.45) is 11.5 Å². The van der Waals surface area contributed by atoms with Gasteiger partial charge < -0.3 is 37.6 Å². The number of thiol groups is 1. The van der Waals surface area contributed by atoms with Crippen molar-refractivity contribution in [3.63, 3.8) is 0 Å². The van der Waals surface area contributed by atoms with Crippen molar-refractivity contribution in [3.05, 3.63) is 0 Å². The molecule has 0 aromatic rings. The Balaban J connectivity index is 4.97. The van der Waals surface area contributed by atoms with Crippen molar-refractivity contribution in [2.75, 3.05) is 5.75 Å². The minimum atomic E-state index is -1.59. The van der Waals surface area contributed by atoms with E-state index in [-0.39, 0.29) is 18.6 Å². The first kappa shape index (κ1) is 26.1. The summed E-state index contributed by atoms with van der Waals surface area (Å²) in [5.41, 5.74) is 10.5. The Labute approximate surface area is 171 Å². The number of amides is 4. The zero-order valence-electron chi connectivity index (χ0n) is 15.6. The maximum Gasteiger partial charge on any atom is 0.327 e. The van der Waals surface area contributed by atoms with Crippen molar-refractivity contribution >= 4 is 48.2 Å². The summed E-state index contributed by atoms with van der Waals surface area (Å²) in [7, 11) is 0. The van der Waals surface area contributed by atoms with Gasteiger partial charge in [0.05, 0.1) is 12.5 Å². The predicted octanol–water partition coefficient (Wildman–Crippen LogP) is -3.46. The van der Waals surface area contributed by atoms with Crippen LogP contribution in [0.1, 0.15) is 26.2 Å². The van der Waals surface area contributed by atoms with Gasteiger partial charge in [-0.25, -0.2) is 4.79 Å². The monoisotopic (exact) mass is 435 g/mol. The largest absolute Gasteiger partial charge is 0.481 e. The summed E-state index contributed by atoms with van der Waals surface area (Å²) in [6.45, 7) is 1.26. The fourth-order valence-corrected chi connectivity index (χ4v) is 2.20. The number of nitrogens with one attached hydrogen (secondary N) is 3. The third-order valence-electron chi connectivity index (χ3n) is 3.60. The van der Waals surface area contributed by atoms with Gasteiger partial charge in [0, 0.05) is 12.2 Å². The lowest BCUT2D eigenvalue weighted by Gasteiger charge is -2.22. The zero-order chi connectivity index (χ0) is 22.7. The Morgan fingerprint density at radius 3 is 1.93 bits per heavy atom. The summed E-state index contributed by atoms with van der Waals surface area (Å²) in [6.07, 6.45) is -0.999. The van der Waals surface area contributed by atoms with E-state index >= 15 is 0 Å². The molecule has 4 amide bonds. The van der Waals surface area contributed by atoms with E-state index in [9.17, 15) is 28.8 Å². The minimum Gasteiger partial charge on any atom is -0.481 e. The summed E-state index contributed by atoms with van der Waals surface area (Å²) in [4.78, 5) is 68.9. The molecule has 0 heterocycles. The maximum atomic E-state index is 12.2. The van der Waals surface area contributed by atoms with E-state index < -0.39 is 66.2 Å². The van der Waals surface area contributed by atoms with Gasteiger partial charge in [0.25, 0.3) is 0 Å². The van der Waals surface area contributed by atoms with Crippen LogP contribution in [0.4, 0.5) is 0 Å². The minimum absolute atomic E-state index is 0.0418. The van der Waals surface area contributed by atoms with Crippen LogP contribution in [0.15, 0.2) is 0 Å². The van der Waals surface area contributed by atoms with E-state index in [0.717, 1.165) is 0 Å². The number of primary amides is 1. The van der Waals surface area contributed by atoms with Gasteiger partial charge in [-0.3, -0.25) is 24.0 Å². The summed E-state index contributed by atoms with van der Waals surface area (Å²) in [5.74, 6) is -6.42. The normalized spacial score (nSPS) is 14.6. The van der Waals surface area contributed by atoms with Crippen LogP contribution in [0.2, 0.25) is 0 Å². The maximum absolute atomic E-state index is 12.2. The second-order valence-electron chi connectivity index (χ2n) is 6.08. The molecule has 29 heavy (non-hydrogen) atoms. The molecule has 0 radical (unpaired) electrons. The number of carboxylic acid groups (broad SMARTS) is 2. The molecule has 164 valence electrons. The van der Waals surface area contributed by atoms with E-state index in [1.165, 1.54) is 6.92 Å². The Morgan fingerprint density at radius 2 is 1.48 bits per heavy atom. The molecule has 4 atom stereocenters. The van der Waals surface area contributed by atoms with E-state index in [1.54, 1.807) is 0 Å². The number of hydrogen-bond acceptors (Lipinski definition) is 8. The van der Waals surface area contributed by atoms with E-state index in [0.29, 0.717) is 0 Å². The lowest BCUT2D eigenvalue weighted by molar-refractivity contribution is -0.143. The molecule has 0 aliphatic carbocycles. The molecular formula is C15H25N5O8S. The fraction of sp³-hybridized carbons (Fsp3) is 0.600. The van der Waals surface area contributed by atoms with Crippen LogP contribution < -0.4 is 27.4 Å². The zero-order valence-corrected chi connectivity index (χ0v) is 16.5. The second-order valence-corrected chi connectivity index (χ2v) is 6.45. The Hall–Kier alpha value is -2.87. The van der Waals surface area contributed by atoms with Gasteiger partial charge in [-0.1, -0.05) is 0 Å². The third-order valence-corrected chi connectivity index (χ3v) is 3.96. The summed E-state index contributed by atoms with van der Waals surface area (Å²) in [5, 5.41) is 24.3. The van der Waals surface area contributed by atoms with Gasteiger partial charge in [-0.2, -0.15) is 12.6 Å². The highest BCUT2D eigenvalue weighted by molar-refractivity contribution is 7.80. The van der Waals surface area contributed by atoms with Gasteiger partial charge >= 0.3 is 11.9 Å². The third kappa shape index (κ3) is 10.3. The summed E-state index contributed by atoms with van der Waals surface area (Å²) in [6, 6.07) is -5.29. The number of hydrogen-bond donors (Lipinski definition) is 8. The number of carbonyl (C=O) groups excluding carboxylic acids is 4. The molecule has 0 saturated heterocycles. The van der Waals surface area contributed by atoms with Gasteiger partial charge in [0.1, 0.15) is 18.1 Å². The highest BCUT2D eigenvalue weighted by atomic mass is 32.1. The highest BCUT2D eigenvalue weighted by Gasteiger charge is 2.29. The van der Waals surface area contributed by atoms with Crippen molar-refractivity contribution in [2.45, 2.75) is 50.4 Å². The van der Waals surface area contributed by atoms with Crippen LogP contribution in [0.5, 0.6) is 0 Å². The molecule has 0 aliphatic rings. The van der Waals surface area contributed by atoms with Crippen LogP contribution in [0, 0.1) is 0 Å². The quantitative estimate of drug-likeness (QED) is 0.134. The smallest absolute Gasteiger partial charge is 0.327 e. The molecule has 0 aromatic heterocycles. The van der Waals surface area contributed by atoms with E-state index in [1.807, 2.05) is 0 Å². The number of carbonyl (C=O) groups is 6. The van der Waals surface area contributed by atoms with Crippen molar-refractivity contribution in [1.82, 2.24) is 16.0 Å². The topological polar surface area (TPSA) is 231 Å². The van der Waals surface area contributed by atoms with Crippen LogP contribution >= 0.6 is 12.6 Å². The van der Waals surface area contributed by atoms with E-state index in [2.05, 4.69) is 28.6 Å². The van der Waals surface area contributed by atoms with Crippen LogP contribution in [-0.2, 0) is 28.8 Å². The fourth-order valence-electron chi connectivity index (χ4n) is 1.95. The average Bonchev–Trinajstić information content (AvgIpc) is 2.62. The number of carboxylic acids is 2. The van der Waals surface area contributed by atoms with Crippen molar-refractivity contribution in [1.29, 1.82) is 0 Å². The summed E-state index contributed by atoms with van der Waals surface area (Å²) >= 11 is 3.77. The van der Waals surface area contributed by atoms with Crippen LogP contribution in [0.25, 0.3) is 0 Å². The molecule has 0 rings (SSSR count). The second kappa shape index (κ2) is 12.6. The Bertz CT molecular complexity index is 659. The van der Waals surface area contributed by atoms with Gasteiger partial charge in [0.2, 0.25) is 23.6 Å². The number of nitrogens with two attached hydrogens (primary N) is 2. The first-order chi connectivity index (χ1) is 13.4. The molecule has 0 bridgehead atoms.